The topological polar surface area (TPSA) is 18.5 Å². The fourth-order valence-corrected chi connectivity index (χ4v) is 4.05. The molecule has 1 aliphatic carbocycles. The molecule has 0 bridgehead atoms. The van der Waals surface area contributed by atoms with Crippen LogP contribution in [0.1, 0.15) is 57.1 Å². The van der Waals surface area contributed by atoms with Gasteiger partial charge in [-0.05, 0) is 73.2 Å². The number of hydrogen-bond acceptors (Lipinski definition) is 2. The molecule has 0 heterocycles. The Bertz CT molecular complexity index is 730. The van der Waals surface area contributed by atoms with Gasteiger partial charge < -0.3 is 9.47 Å². The Morgan fingerprint density at radius 1 is 0.714 bits per heavy atom. The van der Waals surface area contributed by atoms with Crippen LogP contribution in [0.3, 0.4) is 0 Å². The van der Waals surface area contributed by atoms with Crippen LogP contribution in [0, 0.1) is 0 Å². The van der Waals surface area contributed by atoms with E-state index in [1.54, 1.807) is 0 Å². The molecule has 0 aliphatic heterocycles. The predicted molar refractivity (Wildman–Crippen MR) is 117 cm³/mol. The maximum atomic E-state index is 5.79. The molecule has 1 aliphatic rings. The third kappa shape index (κ3) is 4.86. The fraction of sp³-hybridized carbons (Fsp3) is 0.385. The van der Waals surface area contributed by atoms with E-state index in [-0.39, 0.29) is 5.41 Å². The number of ether oxygens (including phenoxy) is 2. The number of rotatable bonds is 8. The maximum absolute atomic E-state index is 5.79. The maximum Gasteiger partial charge on any atom is 0.119 e. The molecule has 0 aromatic heterocycles. The summed E-state index contributed by atoms with van der Waals surface area (Å²) in [5, 5.41) is 0. The van der Waals surface area contributed by atoms with Gasteiger partial charge in [-0.3, -0.25) is 0 Å². The van der Waals surface area contributed by atoms with E-state index in [4.69, 9.17) is 9.47 Å². The smallest absolute Gasteiger partial charge is 0.119 e. The van der Waals surface area contributed by atoms with Gasteiger partial charge in [0.2, 0.25) is 0 Å². The first-order valence-electron chi connectivity index (χ1n) is 10.2. The van der Waals surface area contributed by atoms with Crippen LogP contribution < -0.4 is 9.47 Å². The minimum Gasteiger partial charge on any atom is -0.489 e. The van der Waals surface area contributed by atoms with Crippen LogP contribution in [-0.4, -0.2) is 13.2 Å². The highest BCUT2D eigenvalue weighted by molar-refractivity contribution is 5.43. The molecule has 0 N–H and O–H groups in total. The highest BCUT2D eigenvalue weighted by atomic mass is 16.5. The Balaban J connectivity index is 1.84. The monoisotopic (exact) mass is 376 g/mol. The molecule has 0 unspecified atom stereocenters. The molecule has 2 heteroatoms. The van der Waals surface area contributed by atoms with E-state index in [0.717, 1.165) is 22.6 Å². The second-order valence-corrected chi connectivity index (χ2v) is 8.18. The van der Waals surface area contributed by atoms with E-state index < -0.39 is 0 Å². The van der Waals surface area contributed by atoms with Crippen molar-refractivity contribution in [1.82, 2.24) is 0 Å². The molecule has 0 spiro atoms. The summed E-state index contributed by atoms with van der Waals surface area (Å²) in [6, 6.07) is 17.3. The normalized spacial score (nSPS) is 15.6. The van der Waals surface area contributed by atoms with Crippen LogP contribution in [0.5, 0.6) is 11.5 Å². The van der Waals surface area contributed by atoms with E-state index in [0.29, 0.717) is 13.2 Å². The summed E-state index contributed by atoms with van der Waals surface area (Å²) in [6.45, 7) is 12.9. The molecule has 2 aromatic carbocycles. The molecular weight excluding hydrogens is 344 g/mol. The van der Waals surface area contributed by atoms with Gasteiger partial charge in [-0.25, -0.2) is 0 Å². The lowest BCUT2D eigenvalue weighted by molar-refractivity contribution is 0.339. The van der Waals surface area contributed by atoms with Gasteiger partial charge in [-0.2, -0.15) is 0 Å². The van der Waals surface area contributed by atoms with Gasteiger partial charge >= 0.3 is 0 Å². The first-order valence-corrected chi connectivity index (χ1v) is 10.2. The van der Waals surface area contributed by atoms with Crippen molar-refractivity contribution < 1.29 is 9.47 Å². The van der Waals surface area contributed by atoms with Crippen LogP contribution in [0.15, 0.2) is 72.8 Å². The van der Waals surface area contributed by atoms with Gasteiger partial charge in [0.15, 0.2) is 0 Å². The Morgan fingerprint density at radius 2 is 1.11 bits per heavy atom. The third-order valence-electron chi connectivity index (χ3n) is 5.49. The van der Waals surface area contributed by atoms with Crippen molar-refractivity contribution in [1.29, 1.82) is 0 Å². The molecule has 1 saturated carbocycles. The van der Waals surface area contributed by atoms with Crippen LogP contribution >= 0.6 is 0 Å². The lowest BCUT2D eigenvalue weighted by Crippen LogP contribution is -2.30. The highest BCUT2D eigenvalue weighted by Crippen LogP contribution is 2.45. The molecule has 148 valence electrons. The van der Waals surface area contributed by atoms with E-state index in [2.05, 4.69) is 61.7 Å². The second kappa shape index (κ2) is 9.14. The van der Waals surface area contributed by atoms with Crippen molar-refractivity contribution >= 4 is 0 Å². The first kappa shape index (κ1) is 20.3. The van der Waals surface area contributed by atoms with Crippen LogP contribution in [0.4, 0.5) is 0 Å². The van der Waals surface area contributed by atoms with E-state index in [9.17, 15) is 0 Å². The Labute approximate surface area is 169 Å². The second-order valence-electron chi connectivity index (χ2n) is 8.18. The Morgan fingerprint density at radius 3 is 1.46 bits per heavy atom. The van der Waals surface area contributed by atoms with Crippen molar-refractivity contribution in [3.63, 3.8) is 0 Å². The van der Waals surface area contributed by atoms with Crippen LogP contribution in [0.2, 0.25) is 0 Å². The fourth-order valence-electron chi connectivity index (χ4n) is 4.05. The number of hydrogen-bond donors (Lipinski definition) is 0. The molecule has 0 atom stereocenters. The molecule has 28 heavy (non-hydrogen) atoms. The molecular formula is C26H32O2. The average Bonchev–Trinajstić information content (AvgIpc) is 2.72. The molecule has 0 saturated heterocycles. The van der Waals surface area contributed by atoms with Crippen molar-refractivity contribution in [2.24, 2.45) is 0 Å². The van der Waals surface area contributed by atoms with Crippen LogP contribution in [0.25, 0.3) is 0 Å². The summed E-state index contributed by atoms with van der Waals surface area (Å²) in [4.78, 5) is 0. The molecule has 2 nitrogen and oxygen atoms in total. The predicted octanol–water partition coefficient (Wildman–Crippen LogP) is 6.85. The van der Waals surface area contributed by atoms with E-state index >= 15 is 0 Å². The minimum atomic E-state index is 0.0814. The van der Waals surface area contributed by atoms with Gasteiger partial charge in [0, 0.05) is 5.41 Å². The van der Waals surface area contributed by atoms with Crippen molar-refractivity contribution in [3.8, 4) is 11.5 Å². The lowest BCUT2D eigenvalue weighted by atomic mass is 9.65. The standard InChI is InChI=1S/C26H32O2/c1-20(2)18-27-24-12-8-22(9-13-24)26(16-6-5-7-17-26)23-10-14-25(15-11-23)28-19-21(3)4/h8-15H,1,3,5-7,16-19H2,2,4H3. The Kier molecular flexibility index (Phi) is 6.61. The van der Waals surface area contributed by atoms with Crippen molar-refractivity contribution in [3.05, 3.63) is 84.0 Å². The van der Waals surface area contributed by atoms with E-state index in [1.807, 2.05) is 13.8 Å². The number of benzene rings is 2. The molecule has 0 radical (unpaired) electrons. The Hall–Kier alpha value is -2.48. The minimum absolute atomic E-state index is 0.0814. The van der Waals surface area contributed by atoms with Gasteiger partial charge in [-0.15, -0.1) is 0 Å². The molecule has 2 aromatic rings. The summed E-state index contributed by atoms with van der Waals surface area (Å²) in [7, 11) is 0. The van der Waals surface area contributed by atoms with Crippen molar-refractivity contribution in [2.75, 3.05) is 13.2 Å². The third-order valence-corrected chi connectivity index (χ3v) is 5.49. The quantitative estimate of drug-likeness (QED) is 0.469. The summed E-state index contributed by atoms with van der Waals surface area (Å²) in [5.74, 6) is 1.81. The first-order chi connectivity index (χ1) is 13.5. The van der Waals surface area contributed by atoms with E-state index in [1.165, 1.54) is 43.2 Å². The summed E-state index contributed by atoms with van der Waals surface area (Å²) >= 11 is 0. The zero-order valence-electron chi connectivity index (χ0n) is 17.3. The zero-order chi connectivity index (χ0) is 20.0. The van der Waals surface area contributed by atoms with Crippen molar-refractivity contribution in [2.45, 2.75) is 51.4 Å². The summed E-state index contributed by atoms with van der Waals surface area (Å²) in [6.07, 6.45) is 6.22. The molecule has 3 rings (SSSR count). The SMILES string of the molecule is C=C(C)COc1ccc(C2(c3ccc(OCC(=C)C)cc3)CCCCC2)cc1. The zero-order valence-corrected chi connectivity index (χ0v) is 17.3. The largest absolute Gasteiger partial charge is 0.489 e. The molecule has 1 fully saturated rings. The molecule has 0 amide bonds. The summed E-state index contributed by atoms with van der Waals surface area (Å²) in [5.41, 5.74) is 4.90. The summed E-state index contributed by atoms with van der Waals surface area (Å²) < 4.78 is 11.6. The van der Waals surface area contributed by atoms with Gasteiger partial charge in [0.1, 0.15) is 24.7 Å². The van der Waals surface area contributed by atoms with Gasteiger partial charge in [0.05, 0.1) is 0 Å². The highest BCUT2D eigenvalue weighted by Gasteiger charge is 2.35. The lowest BCUT2D eigenvalue weighted by Gasteiger charge is -2.38. The average molecular weight is 377 g/mol. The van der Waals surface area contributed by atoms with Gasteiger partial charge in [0.25, 0.3) is 0 Å². The van der Waals surface area contributed by atoms with Gasteiger partial charge in [-0.1, -0.05) is 56.7 Å². The van der Waals surface area contributed by atoms with Crippen LogP contribution in [-0.2, 0) is 5.41 Å².